The second-order valence-corrected chi connectivity index (χ2v) is 9.07. The molecule has 0 aromatic heterocycles. The van der Waals surface area contributed by atoms with E-state index in [4.69, 9.17) is 38.6 Å². The maximum Gasteiger partial charge on any atom is 0.205 e. The highest BCUT2D eigenvalue weighted by Gasteiger charge is 2.39. The summed E-state index contributed by atoms with van der Waals surface area (Å²) < 4.78 is 5.33. The summed E-state index contributed by atoms with van der Waals surface area (Å²) in [5.41, 5.74) is 4.00. The number of ether oxygens (including phenoxy) is 1. The number of aliphatic imine (C=N–C) groups is 1. The van der Waals surface area contributed by atoms with Crippen LogP contribution in [0.2, 0.25) is 5.02 Å². The number of nitrogens with zero attached hydrogens (tertiary/aromatic N) is 4. The molecule has 1 atom stereocenters. The molecule has 3 aromatic carbocycles. The molecule has 0 saturated heterocycles. The Hall–Kier alpha value is -2.87. The van der Waals surface area contributed by atoms with E-state index in [1.54, 1.807) is 12.1 Å². The molecule has 0 radical (unpaired) electrons. The molecule has 2 heterocycles. The Labute approximate surface area is 201 Å². The third kappa shape index (κ3) is 3.77. The lowest BCUT2D eigenvalue weighted by Crippen LogP contribution is -2.47. The van der Waals surface area contributed by atoms with Gasteiger partial charge in [-0.2, -0.15) is 10.1 Å². The summed E-state index contributed by atoms with van der Waals surface area (Å²) in [6.45, 7) is 2.06. The zero-order valence-electron chi connectivity index (χ0n) is 17.4. The second kappa shape index (κ2) is 8.58. The van der Waals surface area contributed by atoms with Crippen molar-refractivity contribution in [2.24, 2.45) is 10.1 Å². The molecule has 3 aromatic rings. The van der Waals surface area contributed by atoms with Crippen LogP contribution in [0.3, 0.4) is 0 Å². The van der Waals surface area contributed by atoms with Crippen molar-refractivity contribution < 1.29 is 4.74 Å². The number of hydrogen-bond acceptors (Lipinski definition) is 5. The van der Waals surface area contributed by atoms with Crippen LogP contribution in [0, 0.1) is 6.92 Å². The van der Waals surface area contributed by atoms with E-state index >= 15 is 0 Å². The third-order valence-corrected chi connectivity index (χ3v) is 6.91. The van der Waals surface area contributed by atoms with E-state index in [1.807, 2.05) is 53.4 Å². The first-order valence-electron chi connectivity index (χ1n) is 9.98. The maximum absolute atomic E-state index is 6.42. The van der Waals surface area contributed by atoms with E-state index < -0.39 is 0 Å². The lowest BCUT2D eigenvalue weighted by Gasteiger charge is -2.38. The first kappa shape index (κ1) is 21.0. The molecule has 0 spiro atoms. The number of aryl methyl sites for hydroxylation is 1. The van der Waals surface area contributed by atoms with Crippen LogP contribution in [0.15, 0.2) is 82.9 Å². The minimum absolute atomic E-state index is 0.323. The number of methoxy groups -OCH3 is 1. The molecule has 8 heteroatoms. The highest BCUT2D eigenvalue weighted by molar-refractivity contribution is 8.27. The van der Waals surface area contributed by atoms with Crippen molar-refractivity contribution in [3.8, 4) is 5.75 Å². The number of anilines is 1. The number of fused-ring (bicyclic) bond motifs is 1. The molecule has 0 fully saturated rings. The fourth-order valence-corrected chi connectivity index (χ4v) is 5.18. The smallest absolute Gasteiger partial charge is 0.205 e. The number of hydrogen-bond donors (Lipinski definition) is 0. The molecule has 5 rings (SSSR count). The Morgan fingerprint density at radius 3 is 2.41 bits per heavy atom. The fourth-order valence-electron chi connectivity index (χ4n) is 3.56. The minimum Gasteiger partial charge on any atom is -0.497 e. The molecule has 0 N–H and O–H groups in total. The molecule has 0 saturated carbocycles. The number of amidine groups is 1. The predicted molar refractivity (Wildman–Crippen MR) is 137 cm³/mol. The van der Waals surface area contributed by atoms with Gasteiger partial charge in [0.1, 0.15) is 10.8 Å². The van der Waals surface area contributed by atoms with Gasteiger partial charge in [0.2, 0.25) is 5.11 Å². The molecule has 32 heavy (non-hydrogen) atoms. The van der Waals surface area contributed by atoms with Crippen molar-refractivity contribution in [2.45, 2.75) is 13.1 Å². The van der Waals surface area contributed by atoms with Crippen LogP contribution in [0.4, 0.5) is 5.69 Å². The SMILES string of the molecule is COc1ccc(C2N=C3SC(c4ccccc4Cl)=NN3C(=S)N2c2ccc(C)cc2)cc1. The highest BCUT2D eigenvalue weighted by atomic mass is 35.5. The van der Waals surface area contributed by atoms with Crippen molar-refractivity contribution in [3.63, 3.8) is 0 Å². The number of thioether (sulfide) groups is 1. The van der Waals surface area contributed by atoms with Gasteiger partial charge in [0, 0.05) is 11.3 Å². The van der Waals surface area contributed by atoms with E-state index in [1.165, 1.54) is 17.3 Å². The van der Waals surface area contributed by atoms with Gasteiger partial charge in [-0.05, 0) is 66.8 Å². The van der Waals surface area contributed by atoms with Crippen molar-refractivity contribution >= 4 is 56.6 Å². The molecule has 160 valence electrons. The molecule has 5 nitrogen and oxygen atoms in total. The van der Waals surface area contributed by atoms with Gasteiger partial charge in [0.25, 0.3) is 0 Å². The second-order valence-electron chi connectivity index (χ2n) is 7.35. The topological polar surface area (TPSA) is 40.4 Å². The summed E-state index contributed by atoms with van der Waals surface area (Å²) in [6.07, 6.45) is -0.323. The first-order chi connectivity index (χ1) is 15.5. The molecule has 0 aliphatic carbocycles. The molecular formula is C24H19ClN4OS2. The largest absolute Gasteiger partial charge is 0.497 e. The van der Waals surface area contributed by atoms with Gasteiger partial charge in [-0.3, -0.25) is 4.90 Å². The molecule has 0 amide bonds. The number of halogens is 1. The Bertz CT molecular complexity index is 1240. The summed E-state index contributed by atoms with van der Waals surface area (Å²) in [4.78, 5) is 7.08. The van der Waals surface area contributed by atoms with Gasteiger partial charge in [-0.25, -0.2) is 4.99 Å². The van der Waals surface area contributed by atoms with Crippen molar-refractivity contribution in [3.05, 3.63) is 94.5 Å². The van der Waals surface area contributed by atoms with Crippen LogP contribution in [-0.4, -0.2) is 27.4 Å². The van der Waals surface area contributed by atoms with Gasteiger partial charge in [-0.15, -0.1) is 0 Å². The van der Waals surface area contributed by atoms with Gasteiger partial charge < -0.3 is 4.74 Å². The van der Waals surface area contributed by atoms with Gasteiger partial charge in [0.15, 0.2) is 11.3 Å². The molecular weight excluding hydrogens is 460 g/mol. The summed E-state index contributed by atoms with van der Waals surface area (Å²) >= 11 is 13.8. The van der Waals surface area contributed by atoms with Gasteiger partial charge in [-0.1, -0.05) is 59.6 Å². The fraction of sp³-hybridized carbons (Fsp3) is 0.125. The van der Waals surface area contributed by atoms with Crippen molar-refractivity contribution in [1.29, 1.82) is 0 Å². The number of rotatable bonds is 4. The summed E-state index contributed by atoms with van der Waals surface area (Å²) in [6, 6.07) is 23.8. The van der Waals surface area contributed by atoms with Crippen molar-refractivity contribution in [1.82, 2.24) is 5.01 Å². The van der Waals surface area contributed by atoms with E-state index in [0.29, 0.717) is 10.1 Å². The van der Waals surface area contributed by atoms with E-state index in [9.17, 15) is 0 Å². The van der Waals surface area contributed by atoms with Crippen molar-refractivity contribution in [2.75, 3.05) is 12.0 Å². The van der Waals surface area contributed by atoms with E-state index in [-0.39, 0.29) is 6.17 Å². The van der Waals surface area contributed by atoms with E-state index in [2.05, 4.69) is 31.2 Å². The first-order valence-corrected chi connectivity index (χ1v) is 11.6. The number of thiocarbonyl (C=S) groups is 1. The quantitative estimate of drug-likeness (QED) is 0.416. The standard InChI is InChI=1S/C24H19ClN4OS2/c1-15-7-11-17(12-8-15)28-21(16-9-13-18(30-2)14-10-16)26-23-29(24(28)31)27-22(32-23)19-5-3-4-6-20(19)25/h3-14,21H,1-2H3. The zero-order valence-corrected chi connectivity index (χ0v) is 19.8. The van der Waals surface area contributed by atoms with Crippen LogP contribution < -0.4 is 9.64 Å². The summed E-state index contributed by atoms with van der Waals surface area (Å²) in [5.74, 6) is 0.794. The monoisotopic (exact) mass is 478 g/mol. The van der Waals surface area contributed by atoms with Crippen LogP contribution in [0.1, 0.15) is 22.9 Å². The average molecular weight is 479 g/mol. The lowest BCUT2D eigenvalue weighted by molar-refractivity contribution is 0.414. The molecule has 0 bridgehead atoms. The Morgan fingerprint density at radius 2 is 1.72 bits per heavy atom. The third-order valence-electron chi connectivity index (χ3n) is 5.25. The van der Waals surface area contributed by atoms with Crippen LogP contribution in [0.5, 0.6) is 5.75 Å². The van der Waals surface area contributed by atoms with Crippen LogP contribution >= 0.6 is 35.6 Å². The van der Waals surface area contributed by atoms with E-state index in [0.717, 1.165) is 32.8 Å². The number of benzene rings is 3. The zero-order chi connectivity index (χ0) is 22.2. The highest BCUT2D eigenvalue weighted by Crippen LogP contribution is 2.39. The average Bonchev–Trinajstić information content (AvgIpc) is 3.25. The number of hydrazone groups is 1. The van der Waals surface area contributed by atoms with Gasteiger partial charge in [0.05, 0.1) is 12.1 Å². The summed E-state index contributed by atoms with van der Waals surface area (Å²) in [7, 11) is 1.66. The Kier molecular flexibility index (Phi) is 5.63. The molecule has 1 unspecified atom stereocenters. The Balaban J connectivity index is 1.59. The Morgan fingerprint density at radius 1 is 1.00 bits per heavy atom. The normalized spacial score (nSPS) is 17.7. The molecule has 2 aliphatic rings. The van der Waals surface area contributed by atoms with Crippen LogP contribution in [0.25, 0.3) is 0 Å². The lowest BCUT2D eigenvalue weighted by atomic mass is 10.1. The molecule has 2 aliphatic heterocycles. The predicted octanol–water partition coefficient (Wildman–Crippen LogP) is 6.23. The maximum atomic E-state index is 6.42. The van der Waals surface area contributed by atoms with Crippen LogP contribution in [-0.2, 0) is 0 Å². The minimum atomic E-state index is -0.323. The summed E-state index contributed by atoms with van der Waals surface area (Å²) in [5, 5.41) is 9.20. The van der Waals surface area contributed by atoms with Gasteiger partial charge >= 0.3 is 0 Å².